The van der Waals surface area contributed by atoms with E-state index in [2.05, 4.69) is 58.4 Å². The molecule has 1 atom stereocenters. The summed E-state index contributed by atoms with van der Waals surface area (Å²) in [4.78, 5) is 8.94. The van der Waals surface area contributed by atoms with E-state index in [1.807, 2.05) is 24.4 Å². The number of likely N-dealkylation sites (N-methyl/N-ethyl adjacent to an activating group) is 1. The van der Waals surface area contributed by atoms with Gasteiger partial charge in [-0.3, -0.25) is 0 Å². The molecule has 1 saturated heterocycles. The minimum absolute atomic E-state index is 0.690. The van der Waals surface area contributed by atoms with E-state index < -0.39 is 0 Å². The molecule has 0 amide bonds. The number of benzene rings is 2. The molecule has 140 valence electrons. The molecule has 3 heterocycles. The van der Waals surface area contributed by atoms with Crippen LogP contribution in [0, 0.1) is 0 Å². The van der Waals surface area contributed by atoms with Crippen LogP contribution in [-0.4, -0.2) is 41.6 Å². The van der Waals surface area contributed by atoms with Gasteiger partial charge < -0.3 is 19.6 Å². The molecule has 4 heteroatoms. The van der Waals surface area contributed by atoms with Crippen LogP contribution in [-0.2, 0) is 6.42 Å². The van der Waals surface area contributed by atoms with Gasteiger partial charge in [0.1, 0.15) is 5.75 Å². The molecule has 2 N–H and O–H groups in total. The van der Waals surface area contributed by atoms with Crippen LogP contribution in [0.1, 0.15) is 18.4 Å². The van der Waals surface area contributed by atoms with E-state index in [4.69, 9.17) is 4.74 Å². The zero-order valence-electron chi connectivity index (χ0n) is 16.0. The maximum absolute atomic E-state index is 5.31. The highest BCUT2D eigenvalue weighted by Gasteiger charge is 2.22. The second-order valence-electron chi connectivity index (χ2n) is 7.27. The lowest BCUT2D eigenvalue weighted by atomic mass is 10.0. The number of aromatic amines is 2. The van der Waals surface area contributed by atoms with Gasteiger partial charge in [0.25, 0.3) is 0 Å². The molecule has 2 aromatic carbocycles. The maximum atomic E-state index is 5.31. The molecule has 1 aliphatic rings. The molecular formula is C23H27N3O. The Hall–Kier alpha value is -2.72. The number of fused-ring (bicyclic) bond motifs is 2. The molecule has 0 radical (unpaired) electrons. The summed E-state index contributed by atoms with van der Waals surface area (Å²) in [5, 5.41) is 2.58. The van der Waals surface area contributed by atoms with Gasteiger partial charge >= 0.3 is 0 Å². The summed E-state index contributed by atoms with van der Waals surface area (Å²) in [6.07, 6.45) is 7.87. The average molecular weight is 361 g/mol. The summed E-state index contributed by atoms with van der Waals surface area (Å²) in [5.41, 5.74) is 3.81. The minimum atomic E-state index is 0.690. The van der Waals surface area contributed by atoms with E-state index in [0.29, 0.717) is 6.04 Å². The Morgan fingerprint density at radius 1 is 1.07 bits per heavy atom. The van der Waals surface area contributed by atoms with Crippen molar-refractivity contribution in [1.82, 2.24) is 14.9 Å². The number of nitrogens with zero attached hydrogens (tertiary/aromatic N) is 1. The zero-order chi connectivity index (χ0) is 18.6. The summed E-state index contributed by atoms with van der Waals surface area (Å²) < 4.78 is 5.31. The molecule has 27 heavy (non-hydrogen) atoms. The third-order valence-corrected chi connectivity index (χ3v) is 5.56. The number of likely N-dealkylation sites (tertiary alicyclic amines) is 1. The fourth-order valence-corrected chi connectivity index (χ4v) is 3.94. The number of H-pyrrole nitrogens is 2. The Labute approximate surface area is 160 Å². The van der Waals surface area contributed by atoms with Gasteiger partial charge in [0.2, 0.25) is 0 Å². The van der Waals surface area contributed by atoms with Gasteiger partial charge in [-0.05, 0) is 74.1 Å². The van der Waals surface area contributed by atoms with Crippen molar-refractivity contribution in [2.75, 3.05) is 20.7 Å². The van der Waals surface area contributed by atoms with Crippen LogP contribution in [0.15, 0.2) is 60.9 Å². The lowest BCUT2D eigenvalue weighted by molar-refractivity contribution is 0.310. The molecule has 0 spiro atoms. The van der Waals surface area contributed by atoms with Crippen molar-refractivity contribution in [3.63, 3.8) is 0 Å². The minimum Gasteiger partial charge on any atom is -0.497 e. The summed E-state index contributed by atoms with van der Waals surface area (Å²) >= 11 is 0. The largest absolute Gasteiger partial charge is 0.497 e. The van der Waals surface area contributed by atoms with Crippen LogP contribution >= 0.6 is 0 Å². The average Bonchev–Trinajstić information content (AvgIpc) is 3.43. The Bertz CT molecular complexity index is 987. The zero-order valence-corrected chi connectivity index (χ0v) is 16.0. The van der Waals surface area contributed by atoms with E-state index >= 15 is 0 Å². The van der Waals surface area contributed by atoms with E-state index in [1.165, 1.54) is 46.8 Å². The normalized spacial score (nSPS) is 17.2. The van der Waals surface area contributed by atoms with Crippen molar-refractivity contribution in [1.29, 1.82) is 0 Å². The highest BCUT2D eigenvalue weighted by atomic mass is 16.5. The predicted octanol–water partition coefficient (Wildman–Crippen LogP) is 4.98. The standard InChI is InChI=1S/C15H20N2O.C8H7N/c1-17-7-3-4-12(17)8-11-10-16-15-6-5-13(18-2)9-14(11)15;1-2-4-8-7(3-1)5-6-9-8/h5-6,9-10,12,16H,3-4,7-8H2,1-2H3;1-6,9H/t12-;/m1./s1. The number of hydrogen-bond donors (Lipinski definition) is 2. The second-order valence-corrected chi connectivity index (χ2v) is 7.27. The smallest absolute Gasteiger partial charge is 0.119 e. The van der Waals surface area contributed by atoms with Crippen molar-refractivity contribution in [3.05, 3.63) is 66.5 Å². The van der Waals surface area contributed by atoms with Crippen molar-refractivity contribution >= 4 is 21.8 Å². The molecule has 0 saturated carbocycles. The third-order valence-electron chi connectivity index (χ3n) is 5.56. The third kappa shape index (κ3) is 3.86. The molecule has 1 fully saturated rings. The van der Waals surface area contributed by atoms with Crippen molar-refractivity contribution in [2.45, 2.75) is 25.3 Å². The molecule has 0 aliphatic carbocycles. The summed E-state index contributed by atoms with van der Waals surface area (Å²) in [6, 6.07) is 17.2. The molecular weight excluding hydrogens is 334 g/mol. The number of rotatable bonds is 3. The van der Waals surface area contributed by atoms with E-state index in [0.717, 1.165) is 12.2 Å². The Balaban J connectivity index is 0.000000167. The first-order chi connectivity index (χ1) is 13.2. The fraction of sp³-hybridized carbons (Fsp3) is 0.304. The van der Waals surface area contributed by atoms with E-state index in [9.17, 15) is 0 Å². The first-order valence-electron chi connectivity index (χ1n) is 9.61. The molecule has 1 aliphatic heterocycles. The SMILES string of the molecule is COc1ccc2[nH]cc(C[C@H]3CCCN3C)c2c1.c1ccc2[nH]ccc2c1. The number of para-hydroxylation sites is 1. The summed E-state index contributed by atoms with van der Waals surface area (Å²) in [5.74, 6) is 0.933. The van der Waals surface area contributed by atoms with Gasteiger partial charge in [0.05, 0.1) is 7.11 Å². The van der Waals surface area contributed by atoms with Gasteiger partial charge in [-0.2, -0.15) is 0 Å². The Morgan fingerprint density at radius 2 is 1.96 bits per heavy atom. The number of methoxy groups -OCH3 is 1. The Morgan fingerprint density at radius 3 is 2.74 bits per heavy atom. The lowest BCUT2D eigenvalue weighted by Gasteiger charge is -2.18. The number of nitrogens with one attached hydrogen (secondary N) is 2. The molecule has 0 unspecified atom stereocenters. The van der Waals surface area contributed by atoms with Crippen LogP contribution in [0.3, 0.4) is 0 Å². The number of aromatic nitrogens is 2. The summed E-state index contributed by atoms with van der Waals surface area (Å²) in [7, 11) is 3.95. The van der Waals surface area contributed by atoms with Crippen LogP contribution in [0.5, 0.6) is 5.75 Å². The second kappa shape index (κ2) is 7.89. The fourth-order valence-electron chi connectivity index (χ4n) is 3.94. The van der Waals surface area contributed by atoms with Gasteiger partial charge in [-0.1, -0.05) is 18.2 Å². The van der Waals surface area contributed by atoms with Gasteiger partial charge in [0, 0.05) is 34.9 Å². The van der Waals surface area contributed by atoms with Crippen molar-refractivity contribution < 1.29 is 4.74 Å². The van der Waals surface area contributed by atoms with Crippen LogP contribution in [0.4, 0.5) is 0 Å². The van der Waals surface area contributed by atoms with Gasteiger partial charge in [0.15, 0.2) is 0 Å². The lowest BCUT2D eigenvalue weighted by Crippen LogP contribution is -2.26. The molecule has 2 aromatic heterocycles. The van der Waals surface area contributed by atoms with Gasteiger partial charge in [-0.25, -0.2) is 0 Å². The first kappa shape index (κ1) is 17.7. The number of ether oxygens (including phenoxy) is 1. The topological polar surface area (TPSA) is 44.0 Å². The van der Waals surface area contributed by atoms with Crippen molar-refractivity contribution in [2.24, 2.45) is 0 Å². The highest BCUT2D eigenvalue weighted by molar-refractivity contribution is 5.84. The summed E-state index contributed by atoms with van der Waals surface area (Å²) in [6.45, 7) is 1.23. The maximum Gasteiger partial charge on any atom is 0.119 e. The Kier molecular flexibility index (Phi) is 5.16. The number of hydrogen-bond acceptors (Lipinski definition) is 2. The predicted molar refractivity (Wildman–Crippen MR) is 113 cm³/mol. The van der Waals surface area contributed by atoms with Crippen molar-refractivity contribution in [3.8, 4) is 5.75 Å². The van der Waals surface area contributed by atoms with E-state index in [1.54, 1.807) is 7.11 Å². The monoisotopic (exact) mass is 361 g/mol. The molecule has 5 rings (SSSR count). The van der Waals surface area contributed by atoms with E-state index in [-0.39, 0.29) is 0 Å². The van der Waals surface area contributed by atoms with Crippen LogP contribution < -0.4 is 4.74 Å². The molecule has 0 bridgehead atoms. The quantitative estimate of drug-likeness (QED) is 0.540. The molecule has 4 aromatic rings. The van der Waals surface area contributed by atoms with Gasteiger partial charge in [-0.15, -0.1) is 0 Å². The molecule has 4 nitrogen and oxygen atoms in total. The highest BCUT2D eigenvalue weighted by Crippen LogP contribution is 2.27. The van der Waals surface area contributed by atoms with Crippen LogP contribution in [0.2, 0.25) is 0 Å². The van der Waals surface area contributed by atoms with Crippen LogP contribution in [0.25, 0.3) is 21.8 Å². The first-order valence-corrected chi connectivity index (χ1v) is 9.61.